The van der Waals surface area contributed by atoms with E-state index in [1.165, 1.54) is 0 Å². The van der Waals surface area contributed by atoms with E-state index in [0.29, 0.717) is 5.75 Å². The number of hydrogen-bond acceptors (Lipinski definition) is 3. The summed E-state index contributed by atoms with van der Waals surface area (Å²) in [5.74, 6) is 0.273. The van der Waals surface area contributed by atoms with Crippen LogP contribution in [0.4, 0.5) is 0 Å². The molecule has 0 atom stereocenters. The number of hydrogen-bond donors (Lipinski definition) is 0. The van der Waals surface area contributed by atoms with E-state index >= 15 is 0 Å². The number of carbonyl (C=O) groups is 1. The van der Waals surface area contributed by atoms with Gasteiger partial charge < -0.3 is 9.47 Å². The lowest BCUT2D eigenvalue weighted by molar-refractivity contribution is -0.149. The minimum atomic E-state index is -0.366. The van der Waals surface area contributed by atoms with Crippen molar-refractivity contribution in [3.63, 3.8) is 0 Å². The smallest absolute Gasteiger partial charge is 0.344 e. The molecular weight excluding hydrogens is 308 g/mol. The Kier molecular flexibility index (Phi) is 4.43. The first kappa shape index (κ1) is 13.9. The Morgan fingerprint density at radius 1 is 1.21 bits per heavy atom. The van der Waals surface area contributed by atoms with Gasteiger partial charge in [-0.15, -0.1) is 0 Å². The fourth-order valence-electron chi connectivity index (χ4n) is 1.76. The van der Waals surface area contributed by atoms with E-state index < -0.39 is 0 Å². The van der Waals surface area contributed by atoms with E-state index in [-0.39, 0.29) is 18.7 Å². The van der Waals surface area contributed by atoms with Gasteiger partial charge in [-0.1, -0.05) is 30.3 Å². The van der Waals surface area contributed by atoms with Gasteiger partial charge in [0.05, 0.1) is 10.6 Å². The largest absolute Gasteiger partial charge is 0.481 e. The standard InChI is InChI=1S/C15H15BrO3/c1-10(2)19-14(17)9-18-13-8-7-11-5-3-4-6-12(11)15(13)16/h3-8,10H,9H2,1-2H3. The summed E-state index contributed by atoms with van der Waals surface area (Å²) in [4.78, 5) is 11.4. The van der Waals surface area contributed by atoms with Crippen LogP contribution in [-0.2, 0) is 9.53 Å². The maximum Gasteiger partial charge on any atom is 0.344 e. The molecule has 0 aliphatic heterocycles. The fraction of sp³-hybridized carbons (Fsp3) is 0.267. The zero-order chi connectivity index (χ0) is 13.8. The topological polar surface area (TPSA) is 35.5 Å². The molecule has 2 aromatic rings. The van der Waals surface area contributed by atoms with E-state index in [1.54, 1.807) is 0 Å². The highest BCUT2D eigenvalue weighted by Gasteiger charge is 2.10. The molecule has 2 rings (SSSR count). The Bertz CT molecular complexity index is 593. The molecule has 2 aromatic carbocycles. The van der Waals surface area contributed by atoms with Crippen LogP contribution in [0.5, 0.6) is 5.75 Å². The van der Waals surface area contributed by atoms with E-state index in [1.807, 2.05) is 50.2 Å². The van der Waals surface area contributed by atoms with E-state index in [0.717, 1.165) is 15.2 Å². The summed E-state index contributed by atoms with van der Waals surface area (Å²) < 4.78 is 11.4. The lowest BCUT2D eigenvalue weighted by Gasteiger charge is -2.11. The van der Waals surface area contributed by atoms with Crippen LogP contribution in [0.25, 0.3) is 10.8 Å². The molecule has 0 amide bonds. The predicted molar refractivity (Wildman–Crippen MR) is 78.4 cm³/mol. The number of carbonyl (C=O) groups excluding carboxylic acids is 1. The number of fused-ring (bicyclic) bond motifs is 1. The zero-order valence-electron chi connectivity index (χ0n) is 10.9. The summed E-state index contributed by atoms with van der Waals surface area (Å²) in [5.41, 5.74) is 0. The molecule has 0 spiro atoms. The van der Waals surface area contributed by atoms with E-state index in [2.05, 4.69) is 15.9 Å². The highest BCUT2D eigenvalue weighted by Crippen LogP contribution is 2.32. The van der Waals surface area contributed by atoms with Crippen molar-refractivity contribution in [3.05, 3.63) is 40.9 Å². The van der Waals surface area contributed by atoms with Gasteiger partial charge in [-0.2, -0.15) is 0 Å². The van der Waals surface area contributed by atoms with Crippen molar-refractivity contribution in [2.24, 2.45) is 0 Å². The molecule has 0 bridgehead atoms. The molecule has 0 N–H and O–H groups in total. The average Bonchev–Trinajstić information content (AvgIpc) is 2.37. The average molecular weight is 323 g/mol. The molecule has 0 unspecified atom stereocenters. The van der Waals surface area contributed by atoms with E-state index in [9.17, 15) is 4.79 Å². The SMILES string of the molecule is CC(C)OC(=O)COc1ccc2ccccc2c1Br. The molecule has 0 heterocycles. The third-order valence-electron chi connectivity index (χ3n) is 2.54. The second-order valence-electron chi connectivity index (χ2n) is 4.43. The molecule has 0 fully saturated rings. The summed E-state index contributed by atoms with van der Waals surface area (Å²) in [6, 6.07) is 11.8. The van der Waals surface area contributed by atoms with Crippen molar-refractivity contribution in [1.82, 2.24) is 0 Å². The van der Waals surface area contributed by atoms with Gasteiger partial charge in [0.15, 0.2) is 6.61 Å². The monoisotopic (exact) mass is 322 g/mol. The molecule has 19 heavy (non-hydrogen) atoms. The first-order valence-corrected chi connectivity index (χ1v) is 6.87. The van der Waals surface area contributed by atoms with Gasteiger partial charge in [-0.05, 0) is 46.6 Å². The first-order valence-electron chi connectivity index (χ1n) is 6.07. The third-order valence-corrected chi connectivity index (χ3v) is 3.36. The normalized spacial score (nSPS) is 10.7. The van der Waals surface area contributed by atoms with Gasteiger partial charge >= 0.3 is 5.97 Å². The molecule has 0 aliphatic rings. The highest BCUT2D eigenvalue weighted by molar-refractivity contribution is 9.10. The molecule has 0 saturated heterocycles. The molecule has 3 nitrogen and oxygen atoms in total. The number of benzene rings is 2. The van der Waals surface area contributed by atoms with Crippen LogP contribution in [-0.4, -0.2) is 18.7 Å². The van der Waals surface area contributed by atoms with E-state index in [4.69, 9.17) is 9.47 Å². The molecule has 100 valence electrons. The Morgan fingerprint density at radius 3 is 2.68 bits per heavy atom. The second-order valence-corrected chi connectivity index (χ2v) is 5.22. The first-order chi connectivity index (χ1) is 9.08. The van der Waals surface area contributed by atoms with Crippen LogP contribution >= 0.6 is 15.9 Å². The van der Waals surface area contributed by atoms with Gasteiger partial charge in [0.25, 0.3) is 0 Å². The number of esters is 1. The molecular formula is C15H15BrO3. The Morgan fingerprint density at radius 2 is 1.95 bits per heavy atom. The highest BCUT2D eigenvalue weighted by atomic mass is 79.9. The summed E-state index contributed by atoms with van der Waals surface area (Å²) in [7, 11) is 0. The minimum absolute atomic E-state index is 0.0882. The van der Waals surface area contributed by atoms with Crippen molar-refractivity contribution >= 4 is 32.7 Å². The van der Waals surface area contributed by atoms with Crippen LogP contribution < -0.4 is 4.74 Å². The van der Waals surface area contributed by atoms with Crippen LogP contribution in [0.2, 0.25) is 0 Å². The molecule has 0 aliphatic carbocycles. The van der Waals surface area contributed by atoms with Crippen molar-refractivity contribution in [3.8, 4) is 5.75 Å². The van der Waals surface area contributed by atoms with Gasteiger partial charge in [0.2, 0.25) is 0 Å². The quantitative estimate of drug-likeness (QED) is 0.800. The number of halogens is 1. The van der Waals surface area contributed by atoms with Crippen molar-refractivity contribution in [1.29, 1.82) is 0 Å². The van der Waals surface area contributed by atoms with Gasteiger partial charge in [-0.25, -0.2) is 4.79 Å². The molecule has 0 saturated carbocycles. The summed E-state index contributed by atoms with van der Waals surface area (Å²) >= 11 is 3.51. The molecule has 4 heteroatoms. The fourth-order valence-corrected chi connectivity index (χ4v) is 2.37. The van der Waals surface area contributed by atoms with Crippen LogP contribution in [0.3, 0.4) is 0 Å². The van der Waals surface area contributed by atoms with Crippen molar-refractivity contribution < 1.29 is 14.3 Å². The van der Waals surface area contributed by atoms with Gasteiger partial charge in [0, 0.05) is 0 Å². The predicted octanol–water partition coefficient (Wildman–Crippen LogP) is 3.93. The maximum atomic E-state index is 11.4. The van der Waals surface area contributed by atoms with Gasteiger partial charge in [0.1, 0.15) is 5.75 Å². The van der Waals surface area contributed by atoms with Crippen LogP contribution in [0, 0.1) is 0 Å². The minimum Gasteiger partial charge on any atom is -0.481 e. The van der Waals surface area contributed by atoms with Crippen molar-refractivity contribution in [2.45, 2.75) is 20.0 Å². The van der Waals surface area contributed by atoms with Crippen molar-refractivity contribution in [2.75, 3.05) is 6.61 Å². The lowest BCUT2D eigenvalue weighted by atomic mass is 10.1. The summed E-state index contributed by atoms with van der Waals surface area (Å²) in [5, 5.41) is 2.17. The summed E-state index contributed by atoms with van der Waals surface area (Å²) in [6.45, 7) is 3.53. The molecule has 0 aromatic heterocycles. The Balaban J connectivity index is 2.13. The number of rotatable bonds is 4. The van der Waals surface area contributed by atoms with Crippen LogP contribution in [0.1, 0.15) is 13.8 Å². The third kappa shape index (κ3) is 3.47. The molecule has 0 radical (unpaired) electrons. The lowest BCUT2D eigenvalue weighted by Crippen LogP contribution is -2.18. The summed E-state index contributed by atoms with van der Waals surface area (Å²) in [6.07, 6.45) is -0.129. The van der Waals surface area contributed by atoms with Gasteiger partial charge in [-0.3, -0.25) is 0 Å². The second kappa shape index (κ2) is 6.06. The van der Waals surface area contributed by atoms with Crippen LogP contribution in [0.15, 0.2) is 40.9 Å². The number of ether oxygens (including phenoxy) is 2. The maximum absolute atomic E-state index is 11.4. The Labute approximate surface area is 120 Å². The zero-order valence-corrected chi connectivity index (χ0v) is 12.4. The Hall–Kier alpha value is -1.55.